The number of thioether (sulfide) groups is 1. The number of thiocarbonyl (C=S) groups is 1. The maximum atomic E-state index is 12.6. The second-order valence-corrected chi connectivity index (χ2v) is 6.83. The van der Waals surface area contributed by atoms with E-state index in [0.717, 1.165) is 16.9 Å². The van der Waals surface area contributed by atoms with E-state index in [9.17, 15) is 9.59 Å². The third-order valence-corrected chi connectivity index (χ3v) is 4.64. The lowest BCUT2D eigenvalue weighted by atomic mass is 10.2. The van der Waals surface area contributed by atoms with Crippen LogP contribution in [0.4, 0.5) is 11.4 Å². The number of rotatable bonds is 3. The molecule has 4 nitrogen and oxygen atoms in total. The van der Waals surface area contributed by atoms with Gasteiger partial charge in [-0.2, -0.15) is 0 Å². The van der Waals surface area contributed by atoms with E-state index >= 15 is 0 Å². The number of hydrogen-bond acceptors (Lipinski definition) is 4. The molecule has 0 saturated carbocycles. The molecule has 1 N–H and O–H groups in total. The van der Waals surface area contributed by atoms with Gasteiger partial charge in [-0.15, -0.1) is 0 Å². The Morgan fingerprint density at radius 1 is 1.12 bits per heavy atom. The normalized spacial score (nSPS) is 15.9. The largest absolute Gasteiger partial charge is 0.326 e. The first-order valence-electron chi connectivity index (χ1n) is 7.25. The molecule has 1 heterocycles. The standard InChI is InChI=1S/C18H14N2O2S2/c1-12(21)19-14-9-7-13(8-10-14)11-16-17(22)20(18(23)24-16)15-5-3-2-4-6-15/h2-11H,1H3,(H,19,21)/b16-11-. The summed E-state index contributed by atoms with van der Waals surface area (Å²) in [5.41, 5.74) is 2.36. The highest BCUT2D eigenvalue weighted by Crippen LogP contribution is 2.35. The SMILES string of the molecule is CC(=O)Nc1ccc(/C=C2\SC(=S)N(c3ccccc3)C2=O)cc1. The lowest BCUT2D eigenvalue weighted by Crippen LogP contribution is -2.27. The van der Waals surface area contributed by atoms with Crippen LogP contribution < -0.4 is 10.2 Å². The van der Waals surface area contributed by atoms with Crippen LogP contribution in [0.25, 0.3) is 6.08 Å². The van der Waals surface area contributed by atoms with Crippen LogP contribution in [0.1, 0.15) is 12.5 Å². The summed E-state index contributed by atoms with van der Waals surface area (Å²) < 4.78 is 0.521. The molecule has 2 amide bonds. The fourth-order valence-electron chi connectivity index (χ4n) is 2.28. The molecule has 2 aromatic carbocycles. The van der Waals surface area contributed by atoms with Crippen LogP contribution in [-0.2, 0) is 9.59 Å². The molecule has 0 aliphatic carbocycles. The Labute approximate surface area is 149 Å². The first-order chi connectivity index (χ1) is 11.5. The topological polar surface area (TPSA) is 49.4 Å². The number of anilines is 2. The van der Waals surface area contributed by atoms with Crippen molar-refractivity contribution >= 4 is 57.6 Å². The molecule has 1 saturated heterocycles. The Bertz CT molecular complexity index is 830. The minimum Gasteiger partial charge on any atom is -0.326 e. The van der Waals surface area contributed by atoms with Crippen LogP contribution >= 0.6 is 24.0 Å². The van der Waals surface area contributed by atoms with E-state index in [1.165, 1.54) is 23.6 Å². The zero-order valence-corrected chi connectivity index (χ0v) is 14.5. The number of carbonyl (C=O) groups is 2. The van der Waals surface area contributed by atoms with E-state index in [1.54, 1.807) is 18.2 Å². The Hall–Kier alpha value is -2.44. The van der Waals surface area contributed by atoms with Crippen molar-refractivity contribution < 1.29 is 9.59 Å². The zero-order valence-electron chi connectivity index (χ0n) is 12.9. The summed E-state index contributed by atoms with van der Waals surface area (Å²) in [6.07, 6.45) is 1.81. The Balaban J connectivity index is 1.82. The molecular formula is C18H14N2O2S2. The van der Waals surface area contributed by atoms with Crippen molar-refractivity contribution in [1.82, 2.24) is 0 Å². The van der Waals surface area contributed by atoms with E-state index in [1.807, 2.05) is 42.5 Å². The van der Waals surface area contributed by atoms with Gasteiger partial charge < -0.3 is 5.32 Å². The number of para-hydroxylation sites is 1. The van der Waals surface area contributed by atoms with Gasteiger partial charge in [0.15, 0.2) is 4.32 Å². The summed E-state index contributed by atoms with van der Waals surface area (Å²) in [5.74, 6) is -0.242. The summed E-state index contributed by atoms with van der Waals surface area (Å²) in [6.45, 7) is 1.46. The second-order valence-electron chi connectivity index (χ2n) is 5.16. The van der Waals surface area contributed by atoms with Gasteiger partial charge in [0, 0.05) is 12.6 Å². The highest BCUT2D eigenvalue weighted by Gasteiger charge is 2.33. The predicted octanol–water partition coefficient (Wildman–Crippen LogP) is 4.05. The zero-order chi connectivity index (χ0) is 17.1. The van der Waals surface area contributed by atoms with Crippen LogP contribution in [0, 0.1) is 0 Å². The van der Waals surface area contributed by atoms with Gasteiger partial charge in [-0.05, 0) is 35.9 Å². The number of amides is 2. The maximum absolute atomic E-state index is 12.6. The van der Waals surface area contributed by atoms with Crippen LogP contribution in [0.15, 0.2) is 59.5 Å². The van der Waals surface area contributed by atoms with E-state index in [4.69, 9.17) is 12.2 Å². The van der Waals surface area contributed by atoms with Gasteiger partial charge in [-0.25, -0.2) is 0 Å². The molecule has 0 aromatic heterocycles. The number of hydrogen-bond donors (Lipinski definition) is 1. The molecule has 1 aliphatic heterocycles. The molecule has 0 radical (unpaired) electrons. The van der Waals surface area contributed by atoms with Gasteiger partial charge in [0.1, 0.15) is 0 Å². The number of carbonyl (C=O) groups excluding carboxylic acids is 2. The number of benzene rings is 2. The van der Waals surface area contributed by atoms with Gasteiger partial charge in [-0.3, -0.25) is 14.5 Å². The molecule has 120 valence electrons. The minimum absolute atomic E-state index is 0.119. The summed E-state index contributed by atoms with van der Waals surface area (Å²) in [6, 6.07) is 16.6. The van der Waals surface area contributed by atoms with Gasteiger partial charge >= 0.3 is 0 Å². The monoisotopic (exact) mass is 354 g/mol. The van der Waals surface area contributed by atoms with E-state index < -0.39 is 0 Å². The number of nitrogens with one attached hydrogen (secondary N) is 1. The smallest absolute Gasteiger partial charge is 0.270 e. The average molecular weight is 354 g/mol. The highest BCUT2D eigenvalue weighted by atomic mass is 32.2. The second kappa shape index (κ2) is 6.98. The molecule has 6 heteroatoms. The molecule has 1 fully saturated rings. The van der Waals surface area contributed by atoms with E-state index in [2.05, 4.69) is 5.32 Å². The predicted molar refractivity (Wildman–Crippen MR) is 103 cm³/mol. The molecular weight excluding hydrogens is 340 g/mol. The first-order valence-corrected chi connectivity index (χ1v) is 8.48. The molecule has 24 heavy (non-hydrogen) atoms. The molecule has 2 aromatic rings. The molecule has 0 spiro atoms. The lowest BCUT2D eigenvalue weighted by molar-refractivity contribution is -0.114. The van der Waals surface area contributed by atoms with Gasteiger partial charge in [0.25, 0.3) is 5.91 Å². The molecule has 3 rings (SSSR count). The van der Waals surface area contributed by atoms with Crippen molar-refractivity contribution in [1.29, 1.82) is 0 Å². The van der Waals surface area contributed by atoms with E-state index in [-0.39, 0.29) is 11.8 Å². The molecule has 1 aliphatic rings. The van der Waals surface area contributed by atoms with Crippen molar-refractivity contribution in [2.45, 2.75) is 6.92 Å². The Morgan fingerprint density at radius 3 is 2.42 bits per heavy atom. The average Bonchev–Trinajstić information content (AvgIpc) is 2.83. The summed E-state index contributed by atoms with van der Waals surface area (Å²) in [4.78, 5) is 25.8. The van der Waals surface area contributed by atoms with Crippen molar-refractivity contribution in [3.63, 3.8) is 0 Å². The van der Waals surface area contributed by atoms with E-state index in [0.29, 0.717) is 9.23 Å². The highest BCUT2D eigenvalue weighted by molar-refractivity contribution is 8.27. The molecule has 0 atom stereocenters. The Kier molecular flexibility index (Phi) is 4.78. The van der Waals surface area contributed by atoms with Crippen LogP contribution in [0.5, 0.6) is 0 Å². The van der Waals surface area contributed by atoms with Crippen LogP contribution in [0.3, 0.4) is 0 Å². The van der Waals surface area contributed by atoms with Gasteiger partial charge in [-0.1, -0.05) is 54.3 Å². The Morgan fingerprint density at radius 2 is 1.79 bits per heavy atom. The number of nitrogens with zero attached hydrogens (tertiary/aromatic N) is 1. The lowest BCUT2D eigenvalue weighted by Gasteiger charge is -2.13. The maximum Gasteiger partial charge on any atom is 0.270 e. The van der Waals surface area contributed by atoms with Crippen molar-refractivity contribution in [2.24, 2.45) is 0 Å². The molecule has 0 bridgehead atoms. The third-order valence-electron chi connectivity index (χ3n) is 3.34. The minimum atomic E-state index is -0.123. The summed E-state index contributed by atoms with van der Waals surface area (Å²) >= 11 is 6.63. The molecule has 0 unspecified atom stereocenters. The fourth-order valence-corrected chi connectivity index (χ4v) is 3.58. The van der Waals surface area contributed by atoms with Crippen LogP contribution in [0.2, 0.25) is 0 Å². The third kappa shape index (κ3) is 3.55. The van der Waals surface area contributed by atoms with Crippen molar-refractivity contribution in [2.75, 3.05) is 10.2 Å². The van der Waals surface area contributed by atoms with Gasteiger partial charge in [0.2, 0.25) is 5.91 Å². The summed E-state index contributed by atoms with van der Waals surface area (Å²) in [7, 11) is 0. The van der Waals surface area contributed by atoms with Crippen LogP contribution in [-0.4, -0.2) is 16.1 Å². The van der Waals surface area contributed by atoms with Crippen molar-refractivity contribution in [3.8, 4) is 0 Å². The van der Waals surface area contributed by atoms with Gasteiger partial charge in [0.05, 0.1) is 10.6 Å². The summed E-state index contributed by atoms with van der Waals surface area (Å²) in [5, 5.41) is 2.71. The van der Waals surface area contributed by atoms with Crippen molar-refractivity contribution in [3.05, 3.63) is 65.1 Å². The quantitative estimate of drug-likeness (QED) is 0.667. The first kappa shape index (κ1) is 16.4. The fraction of sp³-hybridized carbons (Fsp3) is 0.0556.